The Morgan fingerprint density at radius 2 is 1.71 bits per heavy atom. The summed E-state index contributed by atoms with van der Waals surface area (Å²) in [5, 5.41) is 10.2. The summed E-state index contributed by atoms with van der Waals surface area (Å²) in [4.78, 5) is 8.59. The average Bonchev–Trinajstić information content (AvgIpc) is 2.01. The predicted octanol–water partition coefficient (Wildman–Crippen LogP) is 1.95. The topological polar surface area (TPSA) is 46.0 Å². The Kier molecular flexibility index (Phi) is 3.89. The van der Waals surface area contributed by atoms with Gasteiger partial charge in [-0.1, -0.05) is 18.7 Å². The van der Waals surface area contributed by atoms with Crippen molar-refractivity contribution in [2.75, 3.05) is 0 Å². The zero-order valence-corrected chi connectivity index (χ0v) is 9.80. The molecule has 1 N–H and O–H groups in total. The smallest absolute Gasteiger partial charge is 0.188 e. The summed E-state index contributed by atoms with van der Waals surface area (Å²) in [6.45, 7) is 7.65. The molecule has 0 saturated heterocycles. The van der Waals surface area contributed by atoms with Crippen LogP contribution in [0.3, 0.4) is 0 Å². The summed E-state index contributed by atoms with van der Waals surface area (Å²) in [6.07, 6.45) is -0.343. The molecule has 1 rings (SSSR count). The fourth-order valence-corrected chi connectivity index (χ4v) is 1.93. The molecular weight excluding hydrogens is 196 g/mol. The van der Waals surface area contributed by atoms with Crippen molar-refractivity contribution in [2.45, 2.75) is 44.2 Å². The van der Waals surface area contributed by atoms with E-state index >= 15 is 0 Å². The van der Waals surface area contributed by atoms with Crippen LogP contribution < -0.4 is 0 Å². The summed E-state index contributed by atoms with van der Waals surface area (Å²) < 4.78 is 0. The number of hydrogen-bond acceptors (Lipinski definition) is 4. The Bertz CT molecular complexity index is 295. The first kappa shape index (κ1) is 11.5. The highest BCUT2D eigenvalue weighted by molar-refractivity contribution is 7.99. The van der Waals surface area contributed by atoms with Gasteiger partial charge >= 0.3 is 0 Å². The van der Waals surface area contributed by atoms with Gasteiger partial charge in [-0.3, -0.25) is 0 Å². The molecule has 14 heavy (non-hydrogen) atoms. The number of aliphatic hydroxyl groups is 1. The first-order chi connectivity index (χ1) is 6.49. The zero-order chi connectivity index (χ0) is 10.7. The maximum Gasteiger partial charge on any atom is 0.188 e. The molecule has 0 radical (unpaired) electrons. The first-order valence-electron chi connectivity index (χ1n) is 4.66. The van der Waals surface area contributed by atoms with E-state index in [1.807, 2.05) is 26.8 Å². The second-order valence-electron chi connectivity index (χ2n) is 3.50. The van der Waals surface area contributed by atoms with Crippen LogP contribution >= 0.6 is 11.8 Å². The van der Waals surface area contributed by atoms with Crippen molar-refractivity contribution in [1.82, 2.24) is 9.97 Å². The van der Waals surface area contributed by atoms with Gasteiger partial charge in [0.2, 0.25) is 0 Å². The molecule has 4 heteroatoms. The predicted molar refractivity (Wildman–Crippen MR) is 58.5 cm³/mol. The molecule has 3 nitrogen and oxygen atoms in total. The highest BCUT2D eigenvalue weighted by atomic mass is 32.2. The molecule has 2 unspecified atom stereocenters. The van der Waals surface area contributed by atoms with Gasteiger partial charge in [0, 0.05) is 16.6 Å². The minimum atomic E-state index is -0.343. The third-order valence-electron chi connectivity index (χ3n) is 1.93. The number of aliphatic hydroxyl groups excluding tert-OH is 1. The molecule has 1 aromatic rings. The lowest BCUT2D eigenvalue weighted by atomic mass is 10.3. The Morgan fingerprint density at radius 1 is 1.21 bits per heavy atom. The van der Waals surface area contributed by atoms with E-state index in [4.69, 9.17) is 0 Å². The van der Waals surface area contributed by atoms with E-state index < -0.39 is 0 Å². The van der Waals surface area contributed by atoms with Crippen molar-refractivity contribution in [3.8, 4) is 0 Å². The van der Waals surface area contributed by atoms with Crippen LogP contribution in [0.5, 0.6) is 0 Å². The lowest BCUT2D eigenvalue weighted by Crippen LogP contribution is -2.15. The lowest BCUT2D eigenvalue weighted by molar-refractivity contribution is 0.196. The highest BCUT2D eigenvalue weighted by Gasteiger charge is 2.12. The number of aryl methyl sites for hydroxylation is 2. The van der Waals surface area contributed by atoms with Crippen molar-refractivity contribution in [1.29, 1.82) is 0 Å². The summed E-state index contributed by atoms with van der Waals surface area (Å²) in [6, 6.07) is 1.94. The lowest BCUT2D eigenvalue weighted by Gasteiger charge is -2.12. The van der Waals surface area contributed by atoms with Crippen LogP contribution in [0.4, 0.5) is 0 Å². The minimum absolute atomic E-state index is 0.121. The zero-order valence-electron chi connectivity index (χ0n) is 8.98. The second kappa shape index (κ2) is 4.75. The number of nitrogens with zero attached hydrogens (tertiary/aromatic N) is 2. The second-order valence-corrected chi connectivity index (χ2v) is 4.84. The van der Waals surface area contributed by atoms with Crippen LogP contribution in [0.2, 0.25) is 0 Å². The molecule has 0 aliphatic rings. The molecule has 2 atom stereocenters. The molecule has 0 bridgehead atoms. The third kappa shape index (κ3) is 3.27. The van der Waals surface area contributed by atoms with E-state index in [1.54, 1.807) is 6.92 Å². The van der Waals surface area contributed by atoms with E-state index in [9.17, 15) is 5.11 Å². The molecule has 0 aliphatic carbocycles. The monoisotopic (exact) mass is 212 g/mol. The fourth-order valence-electron chi connectivity index (χ4n) is 1.01. The molecule has 0 aliphatic heterocycles. The van der Waals surface area contributed by atoms with Crippen LogP contribution in [-0.2, 0) is 0 Å². The molecular formula is C10H16N2OS. The standard InChI is InChI=1S/C10H16N2OS/c1-6-5-7(2)12-10(11-6)14-9(4)8(3)13/h5,8-9,13H,1-4H3. The molecule has 0 saturated carbocycles. The SMILES string of the molecule is Cc1cc(C)nc(SC(C)C(C)O)n1. The number of hydrogen-bond donors (Lipinski definition) is 1. The summed E-state index contributed by atoms with van der Waals surface area (Å²) in [7, 11) is 0. The average molecular weight is 212 g/mol. The first-order valence-corrected chi connectivity index (χ1v) is 5.54. The van der Waals surface area contributed by atoms with Crippen molar-refractivity contribution in [3.63, 3.8) is 0 Å². The molecule has 0 fully saturated rings. The van der Waals surface area contributed by atoms with E-state index in [0.717, 1.165) is 16.5 Å². The van der Waals surface area contributed by atoms with Crippen molar-refractivity contribution < 1.29 is 5.11 Å². The van der Waals surface area contributed by atoms with Gasteiger partial charge in [-0.05, 0) is 26.8 Å². The third-order valence-corrected chi connectivity index (χ3v) is 3.09. The van der Waals surface area contributed by atoms with Gasteiger partial charge in [0.05, 0.1) is 6.10 Å². The minimum Gasteiger partial charge on any atom is -0.392 e. The van der Waals surface area contributed by atoms with Gasteiger partial charge in [0.15, 0.2) is 5.16 Å². The Labute approximate surface area is 89.0 Å². The molecule has 1 aromatic heterocycles. The summed E-state index contributed by atoms with van der Waals surface area (Å²) >= 11 is 1.51. The number of thioether (sulfide) groups is 1. The van der Waals surface area contributed by atoms with E-state index in [-0.39, 0.29) is 11.4 Å². The van der Waals surface area contributed by atoms with Crippen LogP contribution in [-0.4, -0.2) is 26.4 Å². The number of rotatable bonds is 3. The molecule has 78 valence electrons. The maximum absolute atomic E-state index is 9.34. The summed E-state index contributed by atoms with van der Waals surface area (Å²) in [5.41, 5.74) is 1.94. The quantitative estimate of drug-likeness (QED) is 0.614. The van der Waals surface area contributed by atoms with E-state index in [0.29, 0.717) is 0 Å². The van der Waals surface area contributed by atoms with Crippen LogP contribution in [0.15, 0.2) is 11.2 Å². The molecule has 0 amide bonds. The van der Waals surface area contributed by atoms with Crippen LogP contribution in [0.25, 0.3) is 0 Å². The van der Waals surface area contributed by atoms with Gasteiger partial charge in [0.25, 0.3) is 0 Å². The Morgan fingerprint density at radius 3 is 2.14 bits per heavy atom. The van der Waals surface area contributed by atoms with E-state index in [1.165, 1.54) is 11.8 Å². The normalized spacial score (nSPS) is 15.2. The number of aromatic nitrogens is 2. The molecule has 1 heterocycles. The molecule has 0 spiro atoms. The van der Waals surface area contributed by atoms with Crippen LogP contribution in [0.1, 0.15) is 25.2 Å². The van der Waals surface area contributed by atoms with Crippen molar-refractivity contribution in [2.24, 2.45) is 0 Å². The summed E-state index contributed by atoms with van der Waals surface area (Å²) in [5.74, 6) is 0. The van der Waals surface area contributed by atoms with Gasteiger partial charge in [-0.25, -0.2) is 9.97 Å². The molecule has 0 aromatic carbocycles. The van der Waals surface area contributed by atoms with Gasteiger partial charge in [-0.15, -0.1) is 0 Å². The van der Waals surface area contributed by atoms with Crippen molar-refractivity contribution in [3.05, 3.63) is 17.5 Å². The van der Waals surface area contributed by atoms with E-state index in [2.05, 4.69) is 9.97 Å². The Balaban J connectivity index is 2.76. The van der Waals surface area contributed by atoms with Gasteiger partial charge in [-0.2, -0.15) is 0 Å². The Hall–Kier alpha value is -0.610. The van der Waals surface area contributed by atoms with Crippen molar-refractivity contribution >= 4 is 11.8 Å². The highest BCUT2D eigenvalue weighted by Crippen LogP contribution is 2.21. The van der Waals surface area contributed by atoms with Crippen LogP contribution in [0, 0.1) is 13.8 Å². The van der Waals surface area contributed by atoms with Gasteiger partial charge < -0.3 is 5.11 Å². The van der Waals surface area contributed by atoms with Gasteiger partial charge in [0.1, 0.15) is 0 Å². The maximum atomic E-state index is 9.34. The fraction of sp³-hybridized carbons (Fsp3) is 0.600. The largest absolute Gasteiger partial charge is 0.392 e.